The minimum Gasteiger partial charge on any atom is -0.493 e. The molecule has 5 heterocycles. The van der Waals surface area contributed by atoms with Crippen LogP contribution in [0.25, 0.3) is 11.3 Å². The fourth-order valence-corrected chi connectivity index (χ4v) is 4.99. The van der Waals surface area contributed by atoms with Crippen molar-refractivity contribution in [3.8, 4) is 28.9 Å². The van der Waals surface area contributed by atoms with Gasteiger partial charge >= 0.3 is 0 Å². The SMILES string of the molecule is COc1ccccc1OCc1nc2c3c(ncn2n1)Oc1c(c(C)nn1-c1ccc(Cl)cc1)C3c1ccco1. The Hall–Kier alpha value is -4.83. The maximum atomic E-state index is 6.41. The number of para-hydroxylation sites is 2. The van der Waals surface area contributed by atoms with Crippen LogP contribution in [0.15, 0.2) is 77.7 Å². The number of halogens is 1. The molecule has 4 aromatic heterocycles. The van der Waals surface area contributed by atoms with Gasteiger partial charge < -0.3 is 18.6 Å². The normalized spacial score (nSPS) is 14.1. The van der Waals surface area contributed by atoms with E-state index in [2.05, 4.69) is 10.1 Å². The summed E-state index contributed by atoms with van der Waals surface area (Å²) in [5.41, 5.74) is 3.77. The largest absolute Gasteiger partial charge is 0.493 e. The summed E-state index contributed by atoms with van der Waals surface area (Å²) in [6.45, 7) is 2.08. The zero-order valence-electron chi connectivity index (χ0n) is 20.9. The summed E-state index contributed by atoms with van der Waals surface area (Å²) in [5.74, 6) is 3.01. The zero-order valence-corrected chi connectivity index (χ0v) is 21.7. The molecule has 0 radical (unpaired) electrons. The van der Waals surface area contributed by atoms with E-state index in [1.54, 1.807) is 28.9 Å². The van der Waals surface area contributed by atoms with Crippen molar-refractivity contribution in [2.75, 3.05) is 7.11 Å². The molecule has 0 saturated heterocycles. The van der Waals surface area contributed by atoms with Gasteiger partial charge in [0.25, 0.3) is 0 Å². The van der Waals surface area contributed by atoms with Crippen LogP contribution in [-0.2, 0) is 6.61 Å². The minimum absolute atomic E-state index is 0.141. The first-order chi connectivity index (χ1) is 19.1. The second kappa shape index (κ2) is 9.17. The highest BCUT2D eigenvalue weighted by atomic mass is 35.5. The molecule has 0 bridgehead atoms. The monoisotopic (exact) mass is 540 g/mol. The lowest BCUT2D eigenvalue weighted by Gasteiger charge is -2.24. The second-order valence-corrected chi connectivity index (χ2v) is 9.38. The van der Waals surface area contributed by atoms with Gasteiger partial charge in [0, 0.05) is 5.02 Å². The van der Waals surface area contributed by atoms with Crippen LogP contribution >= 0.6 is 11.6 Å². The molecule has 6 aromatic rings. The fourth-order valence-electron chi connectivity index (χ4n) is 4.86. The second-order valence-electron chi connectivity index (χ2n) is 8.94. The molecule has 10 nitrogen and oxygen atoms in total. The molecule has 0 N–H and O–H groups in total. The molecule has 0 amide bonds. The molecular formula is C28H21ClN6O4. The summed E-state index contributed by atoms with van der Waals surface area (Å²) >= 11 is 6.12. The highest BCUT2D eigenvalue weighted by Gasteiger charge is 2.39. The maximum absolute atomic E-state index is 6.41. The van der Waals surface area contributed by atoms with E-state index in [4.69, 9.17) is 40.3 Å². The van der Waals surface area contributed by atoms with Crippen LogP contribution < -0.4 is 14.2 Å². The van der Waals surface area contributed by atoms with Crippen LogP contribution in [0, 0.1) is 6.92 Å². The Balaban J connectivity index is 1.34. The molecule has 1 unspecified atom stereocenters. The van der Waals surface area contributed by atoms with Crippen molar-refractivity contribution >= 4 is 17.2 Å². The Bertz CT molecular complexity index is 1810. The van der Waals surface area contributed by atoms with Crippen molar-refractivity contribution in [2.45, 2.75) is 19.4 Å². The van der Waals surface area contributed by atoms with E-state index in [0.717, 1.165) is 22.5 Å². The number of aromatic nitrogens is 6. The lowest BCUT2D eigenvalue weighted by molar-refractivity contribution is 0.276. The van der Waals surface area contributed by atoms with Crippen molar-refractivity contribution in [1.29, 1.82) is 0 Å². The van der Waals surface area contributed by atoms with Crippen LogP contribution in [0.4, 0.5) is 0 Å². The molecule has 2 aromatic carbocycles. The van der Waals surface area contributed by atoms with Gasteiger partial charge in [-0.05, 0) is 55.5 Å². The standard InChI is InChI=1S/C28H21ClN6O4/c1-16-23-24(21-8-5-13-37-21)25-26-31-22(14-38-20-7-4-3-6-19(20)36-2)33-34(26)15-30-27(25)39-28(23)35(32-16)18-11-9-17(29)10-12-18/h3-13,15,24H,14H2,1-2H3. The van der Waals surface area contributed by atoms with Gasteiger partial charge in [-0.2, -0.15) is 5.10 Å². The Labute approximate surface area is 227 Å². The fraction of sp³-hybridized carbons (Fsp3) is 0.143. The zero-order chi connectivity index (χ0) is 26.5. The maximum Gasteiger partial charge on any atom is 0.230 e. The molecule has 7 rings (SSSR count). The summed E-state index contributed by atoms with van der Waals surface area (Å²) in [4.78, 5) is 9.41. The molecular weight excluding hydrogens is 520 g/mol. The molecule has 0 spiro atoms. The third-order valence-electron chi connectivity index (χ3n) is 6.59. The van der Waals surface area contributed by atoms with Gasteiger partial charge in [-0.1, -0.05) is 23.7 Å². The van der Waals surface area contributed by atoms with Crippen molar-refractivity contribution < 1.29 is 18.6 Å². The van der Waals surface area contributed by atoms with E-state index in [1.807, 2.05) is 67.6 Å². The van der Waals surface area contributed by atoms with Gasteiger partial charge in [0.05, 0.1) is 41.8 Å². The molecule has 1 atom stereocenters. The average molecular weight is 541 g/mol. The molecule has 194 valence electrons. The summed E-state index contributed by atoms with van der Waals surface area (Å²) in [6, 6.07) is 18.6. The van der Waals surface area contributed by atoms with Crippen molar-refractivity contribution in [3.63, 3.8) is 0 Å². The molecule has 11 heteroatoms. The lowest BCUT2D eigenvalue weighted by Crippen LogP contribution is -2.15. The van der Waals surface area contributed by atoms with Gasteiger partial charge in [0.2, 0.25) is 11.8 Å². The summed E-state index contributed by atoms with van der Waals surface area (Å²) in [6.07, 6.45) is 3.22. The number of hydrogen-bond donors (Lipinski definition) is 0. The molecule has 0 saturated carbocycles. The van der Waals surface area contributed by atoms with E-state index >= 15 is 0 Å². The van der Waals surface area contributed by atoms with Crippen molar-refractivity contribution in [2.24, 2.45) is 0 Å². The number of hydrogen-bond acceptors (Lipinski definition) is 8. The number of methoxy groups -OCH3 is 1. The van der Waals surface area contributed by atoms with E-state index in [-0.39, 0.29) is 12.5 Å². The van der Waals surface area contributed by atoms with E-state index in [9.17, 15) is 0 Å². The quantitative estimate of drug-likeness (QED) is 0.263. The first-order valence-electron chi connectivity index (χ1n) is 12.2. The van der Waals surface area contributed by atoms with E-state index in [1.165, 1.54) is 0 Å². The molecule has 1 aliphatic rings. The van der Waals surface area contributed by atoms with E-state index < -0.39 is 0 Å². The van der Waals surface area contributed by atoms with Gasteiger partial charge in [-0.3, -0.25) is 0 Å². The molecule has 0 fully saturated rings. The Morgan fingerprint density at radius 2 is 1.79 bits per heavy atom. The molecule has 0 aliphatic carbocycles. The third kappa shape index (κ3) is 3.88. The summed E-state index contributed by atoms with van der Waals surface area (Å²) < 4.78 is 27.1. The molecule has 39 heavy (non-hydrogen) atoms. The lowest BCUT2D eigenvalue weighted by atomic mass is 9.88. The number of furan rings is 1. The number of benzene rings is 2. The number of rotatable bonds is 6. The number of aryl methyl sites for hydroxylation is 1. The topological polar surface area (TPSA) is 102 Å². The predicted octanol–water partition coefficient (Wildman–Crippen LogP) is 5.74. The number of fused-ring (bicyclic) bond motifs is 4. The average Bonchev–Trinajstić information content (AvgIpc) is 3.71. The van der Waals surface area contributed by atoms with Gasteiger partial charge in [0.15, 0.2) is 23.0 Å². The van der Waals surface area contributed by atoms with Crippen molar-refractivity contribution in [1.82, 2.24) is 29.4 Å². The van der Waals surface area contributed by atoms with Crippen LogP contribution in [0.1, 0.15) is 34.3 Å². The van der Waals surface area contributed by atoms with Gasteiger partial charge in [-0.15, -0.1) is 5.10 Å². The smallest absolute Gasteiger partial charge is 0.230 e. The Morgan fingerprint density at radius 1 is 0.974 bits per heavy atom. The van der Waals surface area contributed by atoms with Crippen LogP contribution in [0.3, 0.4) is 0 Å². The Kier molecular flexibility index (Phi) is 5.48. The van der Waals surface area contributed by atoms with Crippen molar-refractivity contribution in [3.05, 3.63) is 107 Å². The third-order valence-corrected chi connectivity index (χ3v) is 6.84. The van der Waals surface area contributed by atoms with Crippen LogP contribution in [0.2, 0.25) is 5.02 Å². The summed E-state index contributed by atoms with van der Waals surface area (Å²) in [7, 11) is 1.60. The van der Waals surface area contributed by atoms with Crippen LogP contribution in [-0.4, -0.2) is 36.5 Å². The van der Waals surface area contributed by atoms with Gasteiger partial charge in [-0.25, -0.2) is 19.2 Å². The predicted molar refractivity (Wildman–Crippen MR) is 141 cm³/mol. The molecule has 1 aliphatic heterocycles. The number of nitrogens with zero attached hydrogens (tertiary/aromatic N) is 6. The van der Waals surface area contributed by atoms with Gasteiger partial charge in [0.1, 0.15) is 18.7 Å². The highest BCUT2D eigenvalue weighted by Crippen LogP contribution is 2.49. The highest BCUT2D eigenvalue weighted by molar-refractivity contribution is 6.30. The van der Waals surface area contributed by atoms with E-state index in [0.29, 0.717) is 45.5 Å². The number of ether oxygens (including phenoxy) is 3. The first kappa shape index (κ1) is 23.3. The first-order valence-corrected chi connectivity index (χ1v) is 12.5. The Morgan fingerprint density at radius 3 is 2.56 bits per heavy atom. The summed E-state index contributed by atoms with van der Waals surface area (Å²) in [5, 5.41) is 10.0. The van der Waals surface area contributed by atoms with Crippen LogP contribution in [0.5, 0.6) is 23.3 Å². The minimum atomic E-state index is -0.372.